The summed E-state index contributed by atoms with van der Waals surface area (Å²) in [6.07, 6.45) is -1.26. The molecule has 3 atom stereocenters. The molecule has 0 aliphatic carbocycles. The van der Waals surface area contributed by atoms with E-state index in [1.165, 1.54) is 0 Å². The first-order valence-corrected chi connectivity index (χ1v) is 8.74. The van der Waals surface area contributed by atoms with Crippen molar-refractivity contribution in [3.05, 3.63) is 65.7 Å². The van der Waals surface area contributed by atoms with Gasteiger partial charge in [0, 0.05) is 0 Å². The number of Topliss-reactive ketones (excluding diaryl/α,β-unsaturated/α-hetero) is 1. The fourth-order valence-corrected chi connectivity index (χ4v) is 2.90. The first-order chi connectivity index (χ1) is 12.7. The predicted molar refractivity (Wildman–Crippen MR) is 96.8 cm³/mol. The number of ether oxygens (including phenoxy) is 4. The molecule has 1 aliphatic heterocycles. The predicted octanol–water partition coefficient (Wildman–Crippen LogP) is 3.50. The lowest BCUT2D eigenvalue weighted by Crippen LogP contribution is -2.46. The highest BCUT2D eigenvalue weighted by Gasteiger charge is 2.36. The molecule has 1 saturated heterocycles. The van der Waals surface area contributed by atoms with Crippen LogP contribution < -0.4 is 4.74 Å². The van der Waals surface area contributed by atoms with Crippen LogP contribution in [0.15, 0.2) is 54.6 Å². The van der Waals surface area contributed by atoms with Gasteiger partial charge in [-0.1, -0.05) is 42.5 Å². The molecule has 5 nitrogen and oxygen atoms in total. The fourth-order valence-electron chi connectivity index (χ4n) is 2.90. The molecule has 0 unspecified atom stereocenters. The van der Waals surface area contributed by atoms with Crippen molar-refractivity contribution < 1.29 is 23.7 Å². The molecule has 1 fully saturated rings. The van der Waals surface area contributed by atoms with Crippen LogP contribution in [0.4, 0.5) is 0 Å². The van der Waals surface area contributed by atoms with E-state index in [-0.39, 0.29) is 18.3 Å². The van der Waals surface area contributed by atoms with Crippen LogP contribution in [0.1, 0.15) is 24.5 Å². The maximum Gasteiger partial charge on any atom is 0.169 e. The molecule has 0 radical (unpaired) electrons. The molecule has 5 heteroatoms. The maximum atomic E-state index is 12.4. The lowest BCUT2D eigenvalue weighted by molar-refractivity contribution is -0.224. The van der Waals surface area contributed by atoms with Crippen molar-refractivity contribution in [2.75, 3.05) is 7.11 Å². The van der Waals surface area contributed by atoms with Crippen LogP contribution in [0.5, 0.6) is 5.75 Å². The summed E-state index contributed by atoms with van der Waals surface area (Å²) in [5.74, 6) is 0.799. The molecular weight excluding hydrogens is 332 g/mol. The Bertz CT molecular complexity index is 698. The first kappa shape index (κ1) is 18.6. The van der Waals surface area contributed by atoms with Gasteiger partial charge in [-0.25, -0.2) is 0 Å². The van der Waals surface area contributed by atoms with Crippen LogP contribution >= 0.6 is 0 Å². The number of methoxy groups -OCH3 is 1. The number of benzene rings is 2. The molecule has 138 valence electrons. The van der Waals surface area contributed by atoms with Gasteiger partial charge in [-0.05, 0) is 30.2 Å². The molecule has 1 aliphatic rings. The number of hydrogen-bond acceptors (Lipinski definition) is 5. The Hall–Kier alpha value is -2.21. The Labute approximate surface area is 153 Å². The molecule has 0 saturated carbocycles. The van der Waals surface area contributed by atoms with Gasteiger partial charge in [0.25, 0.3) is 0 Å². The van der Waals surface area contributed by atoms with E-state index in [0.29, 0.717) is 13.2 Å². The van der Waals surface area contributed by atoms with Gasteiger partial charge in [0.15, 0.2) is 12.1 Å². The van der Waals surface area contributed by atoms with Crippen molar-refractivity contribution in [3.63, 3.8) is 0 Å². The van der Waals surface area contributed by atoms with Gasteiger partial charge >= 0.3 is 0 Å². The summed E-state index contributed by atoms with van der Waals surface area (Å²) in [5, 5.41) is 0. The van der Waals surface area contributed by atoms with E-state index in [2.05, 4.69) is 0 Å². The molecule has 2 aromatic rings. The molecular formula is C21H24O5. The molecule has 0 N–H and O–H groups in total. The molecule has 2 aromatic carbocycles. The van der Waals surface area contributed by atoms with Crippen molar-refractivity contribution in [2.45, 2.75) is 45.1 Å². The van der Waals surface area contributed by atoms with Crippen molar-refractivity contribution >= 4 is 5.78 Å². The average Bonchev–Trinajstić information content (AvgIpc) is 2.67. The number of carbonyl (C=O) groups excluding carboxylic acids is 1. The van der Waals surface area contributed by atoms with E-state index in [0.717, 1.165) is 16.9 Å². The number of hydrogen-bond donors (Lipinski definition) is 0. The van der Waals surface area contributed by atoms with E-state index in [1.54, 1.807) is 7.11 Å². The summed E-state index contributed by atoms with van der Waals surface area (Å²) in [4.78, 5) is 12.4. The SMILES string of the molecule is COc1ccc(CO[C@H]2C(=O)C[C@H](OCc3ccccc3)O[C@H]2C)cc1. The fraction of sp³-hybridized carbons (Fsp3) is 0.381. The summed E-state index contributed by atoms with van der Waals surface area (Å²) in [7, 11) is 1.63. The van der Waals surface area contributed by atoms with E-state index in [4.69, 9.17) is 18.9 Å². The van der Waals surface area contributed by atoms with Gasteiger partial charge in [0.05, 0.1) is 32.8 Å². The third-order valence-corrected chi connectivity index (χ3v) is 4.35. The van der Waals surface area contributed by atoms with Crippen molar-refractivity contribution in [2.24, 2.45) is 0 Å². The minimum Gasteiger partial charge on any atom is -0.497 e. The summed E-state index contributed by atoms with van der Waals surface area (Å²) < 4.78 is 22.5. The standard InChI is InChI=1S/C21H24O5/c1-15-21(25-14-17-8-10-18(23-2)11-9-17)19(22)12-20(26-15)24-13-16-6-4-3-5-7-16/h3-11,15,20-21H,12-14H2,1-2H3/t15-,20+,21+/m0/s1. The lowest BCUT2D eigenvalue weighted by atomic mass is 10.0. The lowest BCUT2D eigenvalue weighted by Gasteiger charge is -2.33. The van der Waals surface area contributed by atoms with Crippen LogP contribution in [-0.4, -0.2) is 31.4 Å². The van der Waals surface area contributed by atoms with Crippen LogP contribution in [0.25, 0.3) is 0 Å². The van der Waals surface area contributed by atoms with Crippen molar-refractivity contribution in [1.29, 1.82) is 0 Å². The largest absolute Gasteiger partial charge is 0.497 e. The highest BCUT2D eigenvalue weighted by molar-refractivity contribution is 5.84. The molecule has 0 aromatic heterocycles. The second-order valence-corrected chi connectivity index (χ2v) is 6.32. The average molecular weight is 356 g/mol. The van der Waals surface area contributed by atoms with Gasteiger partial charge in [0.2, 0.25) is 0 Å². The summed E-state index contributed by atoms with van der Waals surface area (Å²) in [6, 6.07) is 17.4. The minimum absolute atomic E-state index is 0.00956. The normalized spacial score (nSPS) is 23.0. The third kappa shape index (κ3) is 4.91. The van der Waals surface area contributed by atoms with Gasteiger partial charge in [-0.3, -0.25) is 4.79 Å². The molecule has 0 bridgehead atoms. The maximum absolute atomic E-state index is 12.4. The molecule has 3 rings (SSSR count). The minimum atomic E-state index is -0.575. The summed E-state index contributed by atoms with van der Waals surface area (Å²) in [5.41, 5.74) is 2.03. The zero-order valence-electron chi connectivity index (χ0n) is 15.1. The van der Waals surface area contributed by atoms with Crippen LogP contribution in [-0.2, 0) is 32.2 Å². The van der Waals surface area contributed by atoms with Gasteiger partial charge in [-0.15, -0.1) is 0 Å². The third-order valence-electron chi connectivity index (χ3n) is 4.35. The smallest absolute Gasteiger partial charge is 0.169 e. The molecule has 26 heavy (non-hydrogen) atoms. The van der Waals surface area contributed by atoms with E-state index >= 15 is 0 Å². The summed E-state index contributed by atoms with van der Waals surface area (Å²) in [6.45, 7) is 2.61. The summed E-state index contributed by atoms with van der Waals surface area (Å²) >= 11 is 0. The molecule has 1 heterocycles. The van der Waals surface area contributed by atoms with Crippen LogP contribution in [0.2, 0.25) is 0 Å². The van der Waals surface area contributed by atoms with Crippen molar-refractivity contribution in [3.8, 4) is 5.75 Å². The Morgan fingerprint density at radius 3 is 2.27 bits per heavy atom. The van der Waals surface area contributed by atoms with Gasteiger partial charge < -0.3 is 18.9 Å². The van der Waals surface area contributed by atoms with E-state index in [9.17, 15) is 4.79 Å². The first-order valence-electron chi connectivity index (χ1n) is 8.74. The monoisotopic (exact) mass is 356 g/mol. The second kappa shape index (κ2) is 8.94. The van der Waals surface area contributed by atoms with E-state index in [1.807, 2.05) is 61.5 Å². The van der Waals surface area contributed by atoms with Gasteiger partial charge in [-0.2, -0.15) is 0 Å². The second-order valence-electron chi connectivity index (χ2n) is 6.32. The van der Waals surface area contributed by atoms with Gasteiger partial charge in [0.1, 0.15) is 11.9 Å². The topological polar surface area (TPSA) is 54.0 Å². The van der Waals surface area contributed by atoms with Crippen LogP contribution in [0, 0.1) is 0 Å². The number of ketones is 1. The Morgan fingerprint density at radius 1 is 0.962 bits per heavy atom. The number of carbonyl (C=O) groups is 1. The Morgan fingerprint density at radius 2 is 1.62 bits per heavy atom. The quantitative estimate of drug-likeness (QED) is 0.760. The zero-order valence-corrected chi connectivity index (χ0v) is 15.1. The van der Waals surface area contributed by atoms with Crippen LogP contribution in [0.3, 0.4) is 0 Å². The number of rotatable bonds is 7. The highest BCUT2D eigenvalue weighted by Crippen LogP contribution is 2.22. The molecule has 0 amide bonds. The Balaban J connectivity index is 1.49. The molecule has 0 spiro atoms. The highest BCUT2D eigenvalue weighted by atomic mass is 16.7. The van der Waals surface area contributed by atoms with Crippen molar-refractivity contribution in [1.82, 2.24) is 0 Å². The zero-order chi connectivity index (χ0) is 18.4. The van der Waals surface area contributed by atoms with E-state index < -0.39 is 12.4 Å². The Kier molecular flexibility index (Phi) is 6.39.